The molecule has 1 rings (SSSR count). The second kappa shape index (κ2) is 6.78. The van der Waals surface area contributed by atoms with E-state index in [9.17, 15) is 13.3 Å². The van der Waals surface area contributed by atoms with E-state index in [1.807, 2.05) is 0 Å². The highest BCUT2D eigenvalue weighted by atomic mass is 31.2. The third-order valence-corrected chi connectivity index (χ3v) is 3.86. The molecule has 0 amide bonds. The van der Waals surface area contributed by atoms with Crippen molar-refractivity contribution in [1.29, 1.82) is 0 Å². The highest BCUT2D eigenvalue weighted by Gasteiger charge is 2.30. The van der Waals surface area contributed by atoms with Crippen molar-refractivity contribution in [3.63, 3.8) is 0 Å². The van der Waals surface area contributed by atoms with Gasteiger partial charge in [-0.2, -0.15) is 4.39 Å². The molecular formula is C12H15F2O3P. The summed E-state index contributed by atoms with van der Waals surface area (Å²) >= 11 is 0. The maximum atomic E-state index is 13.9. The van der Waals surface area contributed by atoms with E-state index >= 15 is 0 Å². The Morgan fingerprint density at radius 3 is 2.17 bits per heavy atom. The highest BCUT2D eigenvalue weighted by Crippen LogP contribution is 2.57. The maximum Gasteiger partial charge on any atom is 0.389 e. The van der Waals surface area contributed by atoms with E-state index < -0.39 is 19.0 Å². The molecule has 0 aliphatic carbocycles. The van der Waals surface area contributed by atoms with Crippen LogP contribution in [0.4, 0.5) is 8.78 Å². The second-order valence-corrected chi connectivity index (χ2v) is 5.29. The molecule has 0 aromatic heterocycles. The fourth-order valence-corrected chi connectivity index (χ4v) is 2.58. The Hall–Kier alpha value is -1.03. The molecule has 0 saturated heterocycles. The summed E-state index contributed by atoms with van der Waals surface area (Å²) in [5, 5.41) is 0. The first kappa shape index (κ1) is 15.0. The van der Waals surface area contributed by atoms with Gasteiger partial charge < -0.3 is 9.05 Å². The van der Waals surface area contributed by atoms with Gasteiger partial charge >= 0.3 is 7.60 Å². The molecule has 0 unspecified atom stereocenters. The fraction of sp³-hybridized carbons (Fsp3) is 0.333. The minimum Gasteiger partial charge on any atom is -0.304 e. The van der Waals surface area contributed by atoms with Crippen molar-refractivity contribution in [2.45, 2.75) is 13.8 Å². The van der Waals surface area contributed by atoms with Gasteiger partial charge in [0.25, 0.3) is 0 Å². The summed E-state index contributed by atoms with van der Waals surface area (Å²) in [5.74, 6) is -0.426. The molecule has 0 heterocycles. The molecule has 0 bridgehead atoms. The van der Waals surface area contributed by atoms with Gasteiger partial charge in [0.1, 0.15) is 5.82 Å². The number of halogens is 2. The van der Waals surface area contributed by atoms with Gasteiger partial charge in [-0.05, 0) is 37.6 Å². The van der Waals surface area contributed by atoms with Crippen molar-refractivity contribution in [2.75, 3.05) is 13.2 Å². The molecule has 1 aromatic rings. The van der Waals surface area contributed by atoms with Crippen molar-refractivity contribution in [3.05, 3.63) is 41.2 Å². The third-order valence-electron chi connectivity index (χ3n) is 2.02. The van der Waals surface area contributed by atoms with Gasteiger partial charge in [0.15, 0.2) is 0 Å². The van der Waals surface area contributed by atoms with Gasteiger partial charge in [-0.1, -0.05) is 12.1 Å². The zero-order valence-corrected chi connectivity index (χ0v) is 11.1. The van der Waals surface area contributed by atoms with E-state index in [1.54, 1.807) is 13.8 Å². The summed E-state index contributed by atoms with van der Waals surface area (Å²) in [6, 6.07) is 5.12. The first-order valence-corrected chi connectivity index (χ1v) is 7.08. The van der Waals surface area contributed by atoms with E-state index in [0.29, 0.717) is 5.56 Å². The van der Waals surface area contributed by atoms with Crippen LogP contribution in [0.3, 0.4) is 0 Å². The van der Waals surface area contributed by atoms with Crippen LogP contribution < -0.4 is 0 Å². The van der Waals surface area contributed by atoms with Gasteiger partial charge in [0, 0.05) is 0 Å². The summed E-state index contributed by atoms with van der Waals surface area (Å²) in [7, 11) is -3.89. The minimum atomic E-state index is -3.89. The summed E-state index contributed by atoms with van der Waals surface area (Å²) < 4.78 is 48.3. The van der Waals surface area contributed by atoms with Crippen molar-refractivity contribution in [3.8, 4) is 0 Å². The van der Waals surface area contributed by atoms with Gasteiger partial charge in [-0.3, -0.25) is 4.57 Å². The summed E-state index contributed by atoms with van der Waals surface area (Å²) in [6.45, 7) is 3.33. The quantitative estimate of drug-likeness (QED) is 0.724. The third kappa shape index (κ3) is 4.02. The standard InChI is InChI=1S/C12H15F2O3P/c1-3-16-18(15,17-4-2)12(14)9-10-5-7-11(13)8-6-10/h5-9H,3-4H2,1-2H3/b12-9+. The lowest BCUT2D eigenvalue weighted by molar-refractivity contribution is 0.220. The lowest BCUT2D eigenvalue weighted by atomic mass is 10.2. The molecule has 1 aromatic carbocycles. The van der Waals surface area contributed by atoms with Gasteiger partial charge in [0.05, 0.1) is 13.2 Å². The fourth-order valence-electron chi connectivity index (χ4n) is 1.28. The summed E-state index contributed by atoms with van der Waals surface area (Å²) in [6.07, 6.45) is 1.02. The molecule has 6 heteroatoms. The summed E-state index contributed by atoms with van der Waals surface area (Å²) in [5.41, 5.74) is -0.605. The number of hydrogen-bond acceptors (Lipinski definition) is 3. The van der Waals surface area contributed by atoms with Crippen molar-refractivity contribution in [1.82, 2.24) is 0 Å². The number of rotatable bonds is 6. The zero-order chi connectivity index (χ0) is 13.6. The monoisotopic (exact) mass is 276 g/mol. The first-order chi connectivity index (χ1) is 8.51. The van der Waals surface area contributed by atoms with Crippen LogP contribution in [0.5, 0.6) is 0 Å². The van der Waals surface area contributed by atoms with E-state index in [-0.39, 0.29) is 13.2 Å². The molecule has 0 saturated carbocycles. The normalized spacial score (nSPS) is 12.8. The van der Waals surface area contributed by atoms with Crippen LogP contribution in [-0.2, 0) is 13.6 Å². The molecular weight excluding hydrogens is 261 g/mol. The predicted octanol–water partition coefficient (Wildman–Crippen LogP) is 4.36. The van der Waals surface area contributed by atoms with Gasteiger partial charge in [0.2, 0.25) is 5.57 Å². The molecule has 0 aliphatic rings. The Morgan fingerprint density at radius 2 is 1.72 bits per heavy atom. The lowest BCUT2D eigenvalue weighted by Gasteiger charge is -2.14. The van der Waals surface area contributed by atoms with Crippen LogP contribution in [0.25, 0.3) is 6.08 Å². The molecule has 100 valence electrons. The van der Waals surface area contributed by atoms with E-state index in [1.165, 1.54) is 24.3 Å². The predicted molar refractivity (Wildman–Crippen MR) is 66.3 cm³/mol. The average molecular weight is 276 g/mol. The Balaban J connectivity index is 2.98. The van der Waals surface area contributed by atoms with Crippen molar-refractivity contribution >= 4 is 13.7 Å². The number of benzene rings is 1. The van der Waals surface area contributed by atoms with Crippen molar-refractivity contribution in [2.24, 2.45) is 0 Å². The minimum absolute atomic E-state index is 0.0714. The van der Waals surface area contributed by atoms with Crippen LogP contribution in [0, 0.1) is 5.82 Å². The highest BCUT2D eigenvalue weighted by molar-refractivity contribution is 7.58. The molecule has 0 N–H and O–H groups in total. The molecule has 3 nitrogen and oxygen atoms in total. The molecule has 0 atom stereocenters. The van der Waals surface area contributed by atoms with E-state index in [0.717, 1.165) is 6.08 Å². The van der Waals surface area contributed by atoms with Gasteiger partial charge in [-0.15, -0.1) is 0 Å². The van der Waals surface area contributed by atoms with E-state index in [4.69, 9.17) is 9.05 Å². The van der Waals surface area contributed by atoms with Crippen molar-refractivity contribution < 1.29 is 22.4 Å². The Bertz CT molecular complexity index is 447. The van der Waals surface area contributed by atoms with Crippen LogP contribution >= 0.6 is 7.60 Å². The van der Waals surface area contributed by atoms with Crippen LogP contribution in [0.15, 0.2) is 29.8 Å². The summed E-state index contributed by atoms with van der Waals surface area (Å²) in [4.78, 5) is 0. The Kier molecular flexibility index (Phi) is 5.66. The molecule has 18 heavy (non-hydrogen) atoms. The SMILES string of the molecule is CCOP(=O)(OCC)/C(F)=C/c1ccc(F)cc1. The zero-order valence-electron chi connectivity index (χ0n) is 10.2. The smallest absolute Gasteiger partial charge is 0.304 e. The van der Waals surface area contributed by atoms with Crippen LogP contribution in [0.1, 0.15) is 19.4 Å². The molecule has 0 aliphatic heterocycles. The van der Waals surface area contributed by atoms with Crippen LogP contribution in [-0.4, -0.2) is 13.2 Å². The molecule has 0 radical (unpaired) electrons. The average Bonchev–Trinajstić information content (AvgIpc) is 2.32. The lowest BCUT2D eigenvalue weighted by Crippen LogP contribution is -1.96. The second-order valence-electron chi connectivity index (χ2n) is 3.35. The Morgan fingerprint density at radius 1 is 1.22 bits per heavy atom. The van der Waals surface area contributed by atoms with Crippen LogP contribution in [0.2, 0.25) is 0 Å². The topological polar surface area (TPSA) is 35.5 Å². The van der Waals surface area contributed by atoms with Gasteiger partial charge in [-0.25, -0.2) is 4.39 Å². The maximum absolute atomic E-state index is 13.9. The largest absolute Gasteiger partial charge is 0.389 e. The number of hydrogen-bond donors (Lipinski definition) is 0. The van der Waals surface area contributed by atoms with E-state index in [2.05, 4.69) is 0 Å². The Labute approximate surface area is 105 Å². The first-order valence-electron chi connectivity index (χ1n) is 5.54. The molecule has 0 fully saturated rings. The molecule has 0 spiro atoms.